The van der Waals surface area contributed by atoms with Crippen LogP contribution in [0.1, 0.15) is 28.2 Å². The molecule has 2 rings (SSSR count). The number of aromatic nitrogens is 1. The van der Waals surface area contributed by atoms with Crippen molar-refractivity contribution in [3.63, 3.8) is 0 Å². The summed E-state index contributed by atoms with van der Waals surface area (Å²) in [5.74, 6) is -1.77. The summed E-state index contributed by atoms with van der Waals surface area (Å²) in [5.41, 5.74) is -0.917. The number of alkyl halides is 3. The van der Waals surface area contributed by atoms with Gasteiger partial charge < -0.3 is 4.74 Å². The monoisotopic (exact) mass is 273 g/mol. The van der Waals surface area contributed by atoms with Gasteiger partial charge in [0, 0.05) is 18.4 Å². The summed E-state index contributed by atoms with van der Waals surface area (Å²) >= 11 is 0. The van der Waals surface area contributed by atoms with Crippen LogP contribution in [0.4, 0.5) is 13.2 Å². The number of methoxy groups -OCH3 is 1. The molecule has 0 fully saturated rings. The first-order chi connectivity index (χ1) is 8.82. The SMILES string of the molecule is COC(=O)C1CC(=O)c2ccc(C(F)(F)F)nc2C1. The average molecular weight is 273 g/mol. The molecule has 0 amide bonds. The number of carbonyl (C=O) groups is 2. The van der Waals surface area contributed by atoms with Gasteiger partial charge in [0.15, 0.2) is 5.78 Å². The number of Topliss-reactive ketones (excluding diaryl/α,β-unsaturated/α-hetero) is 1. The number of hydrogen-bond acceptors (Lipinski definition) is 4. The summed E-state index contributed by atoms with van der Waals surface area (Å²) < 4.78 is 42.1. The van der Waals surface area contributed by atoms with Crippen LogP contribution in [0.25, 0.3) is 0 Å². The molecule has 0 N–H and O–H groups in total. The zero-order valence-corrected chi connectivity index (χ0v) is 9.95. The number of ether oxygens (including phenoxy) is 1. The molecule has 0 aromatic carbocycles. The van der Waals surface area contributed by atoms with E-state index >= 15 is 0 Å². The van der Waals surface area contributed by atoms with Gasteiger partial charge in [-0.05, 0) is 12.1 Å². The van der Waals surface area contributed by atoms with Crippen LogP contribution in [0.5, 0.6) is 0 Å². The molecule has 0 aliphatic heterocycles. The fraction of sp³-hybridized carbons (Fsp3) is 0.417. The second-order valence-corrected chi connectivity index (χ2v) is 4.24. The predicted octanol–water partition coefficient (Wildman–Crippen LogP) is 2.02. The summed E-state index contributed by atoms with van der Waals surface area (Å²) in [7, 11) is 1.17. The highest BCUT2D eigenvalue weighted by molar-refractivity contribution is 6.00. The van der Waals surface area contributed by atoms with Crippen molar-refractivity contribution in [1.29, 1.82) is 0 Å². The lowest BCUT2D eigenvalue weighted by Crippen LogP contribution is -2.29. The average Bonchev–Trinajstić information content (AvgIpc) is 2.36. The Morgan fingerprint density at radius 2 is 2.05 bits per heavy atom. The number of carbonyl (C=O) groups excluding carboxylic acids is 2. The summed E-state index contributed by atoms with van der Waals surface area (Å²) in [5, 5.41) is 0. The van der Waals surface area contributed by atoms with Gasteiger partial charge in [-0.15, -0.1) is 0 Å². The Labute approximate surface area is 106 Å². The van der Waals surface area contributed by atoms with Gasteiger partial charge >= 0.3 is 12.1 Å². The second kappa shape index (κ2) is 4.64. The molecule has 102 valence electrons. The van der Waals surface area contributed by atoms with Crippen molar-refractivity contribution in [1.82, 2.24) is 4.98 Å². The van der Waals surface area contributed by atoms with Crippen molar-refractivity contribution in [3.8, 4) is 0 Å². The lowest BCUT2D eigenvalue weighted by atomic mass is 9.86. The van der Waals surface area contributed by atoms with Crippen LogP contribution in [0, 0.1) is 5.92 Å². The van der Waals surface area contributed by atoms with Crippen LogP contribution < -0.4 is 0 Å². The molecule has 7 heteroatoms. The van der Waals surface area contributed by atoms with Crippen LogP contribution in [0.3, 0.4) is 0 Å². The zero-order chi connectivity index (χ0) is 14.2. The molecule has 0 saturated carbocycles. The first-order valence-electron chi connectivity index (χ1n) is 5.51. The molecule has 0 spiro atoms. The van der Waals surface area contributed by atoms with Crippen molar-refractivity contribution < 1.29 is 27.5 Å². The van der Waals surface area contributed by atoms with E-state index in [2.05, 4.69) is 9.72 Å². The minimum Gasteiger partial charge on any atom is -0.469 e. The van der Waals surface area contributed by atoms with Crippen molar-refractivity contribution in [3.05, 3.63) is 29.1 Å². The minimum atomic E-state index is -4.57. The Kier molecular flexibility index (Phi) is 3.30. The fourth-order valence-corrected chi connectivity index (χ4v) is 2.04. The normalized spacial score (nSPS) is 18.9. The van der Waals surface area contributed by atoms with E-state index in [0.717, 1.165) is 12.1 Å². The lowest BCUT2D eigenvalue weighted by Gasteiger charge is -2.21. The van der Waals surface area contributed by atoms with Gasteiger partial charge in [-0.3, -0.25) is 9.59 Å². The van der Waals surface area contributed by atoms with Crippen molar-refractivity contribution >= 4 is 11.8 Å². The number of rotatable bonds is 1. The van der Waals surface area contributed by atoms with Gasteiger partial charge in [-0.2, -0.15) is 13.2 Å². The maximum Gasteiger partial charge on any atom is 0.433 e. The summed E-state index contributed by atoms with van der Waals surface area (Å²) in [6.07, 6.45) is -4.65. The number of nitrogens with zero attached hydrogens (tertiary/aromatic N) is 1. The van der Waals surface area contributed by atoms with Crippen molar-refractivity contribution in [2.24, 2.45) is 5.92 Å². The first-order valence-corrected chi connectivity index (χ1v) is 5.51. The number of halogens is 3. The standard InChI is InChI=1S/C12H10F3NO3/c1-19-11(18)6-4-8-7(9(17)5-6)2-3-10(16-8)12(13,14)15/h2-3,6H,4-5H2,1H3. The third kappa shape index (κ3) is 2.59. The van der Waals surface area contributed by atoms with Crippen LogP contribution in [-0.2, 0) is 22.1 Å². The number of esters is 1. The molecule has 1 heterocycles. The Balaban J connectivity index is 2.39. The molecule has 19 heavy (non-hydrogen) atoms. The van der Waals surface area contributed by atoms with E-state index in [1.54, 1.807) is 0 Å². The Hall–Kier alpha value is -1.92. The third-order valence-corrected chi connectivity index (χ3v) is 2.97. The van der Waals surface area contributed by atoms with E-state index in [-0.39, 0.29) is 24.1 Å². The number of ketones is 1. The molecule has 1 aliphatic carbocycles. The van der Waals surface area contributed by atoms with Crippen LogP contribution in [0.15, 0.2) is 12.1 Å². The topological polar surface area (TPSA) is 56.3 Å². The van der Waals surface area contributed by atoms with E-state index in [1.807, 2.05) is 0 Å². The minimum absolute atomic E-state index is 0.00137. The Morgan fingerprint density at radius 3 is 2.63 bits per heavy atom. The van der Waals surface area contributed by atoms with Gasteiger partial charge in [0.1, 0.15) is 5.69 Å². The van der Waals surface area contributed by atoms with Gasteiger partial charge in [0.25, 0.3) is 0 Å². The Morgan fingerprint density at radius 1 is 1.37 bits per heavy atom. The molecular formula is C12H10F3NO3. The third-order valence-electron chi connectivity index (χ3n) is 2.97. The fourth-order valence-electron chi connectivity index (χ4n) is 2.04. The van der Waals surface area contributed by atoms with Crippen LogP contribution in [-0.4, -0.2) is 23.8 Å². The number of pyridine rings is 1. The predicted molar refractivity (Wildman–Crippen MR) is 57.4 cm³/mol. The molecular weight excluding hydrogens is 263 g/mol. The molecule has 0 saturated heterocycles. The molecule has 1 aliphatic rings. The highest BCUT2D eigenvalue weighted by Crippen LogP contribution is 2.31. The van der Waals surface area contributed by atoms with Crippen LogP contribution >= 0.6 is 0 Å². The Bertz CT molecular complexity index is 540. The zero-order valence-electron chi connectivity index (χ0n) is 9.95. The molecule has 1 aromatic rings. The second-order valence-electron chi connectivity index (χ2n) is 4.24. The van der Waals surface area contributed by atoms with Crippen LogP contribution in [0.2, 0.25) is 0 Å². The quantitative estimate of drug-likeness (QED) is 0.734. The highest BCUT2D eigenvalue weighted by atomic mass is 19.4. The molecule has 0 bridgehead atoms. The van der Waals surface area contributed by atoms with Crippen molar-refractivity contribution in [2.75, 3.05) is 7.11 Å². The van der Waals surface area contributed by atoms with Crippen molar-refractivity contribution in [2.45, 2.75) is 19.0 Å². The largest absolute Gasteiger partial charge is 0.469 e. The van der Waals surface area contributed by atoms with E-state index in [9.17, 15) is 22.8 Å². The molecule has 1 atom stereocenters. The lowest BCUT2D eigenvalue weighted by molar-refractivity contribution is -0.145. The van der Waals surface area contributed by atoms with Gasteiger partial charge in [-0.1, -0.05) is 0 Å². The van der Waals surface area contributed by atoms with E-state index in [0.29, 0.717) is 0 Å². The molecule has 0 radical (unpaired) electrons. The van der Waals surface area contributed by atoms with E-state index in [1.165, 1.54) is 7.11 Å². The smallest absolute Gasteiger partial charge is 0.433 e. The number of hydrogen-bond donors (Lipinski definition) is 0. The molecule has 1 aromatic heterocycles. The molecule has 4 nitrogen and oxygen atoms in total. The summed E-state index contributed by atoms with van der Waals surface area (Å²) in [6.45, 7) is 0. The number of fused-ring (bicyclic) bond motifs is 1. The maximum atomic E-state index is 12.5. The van der Waals surface area contributed by atoms with Gasteiger partial charge in [-0.25, -0.2) is 4.98 Å². The van der Waals surface area contributed by atoms with Gasteiger partial charge in [0.2, 0.25) is 0 Å². The summed E-state index contributed by atoms with van der Waals surface area (Å²) in [6, 6.07) is 1.89. The highest BCUT2D eigenvalue weighted by Gasteiger charge is 2.36. The van der Waals surface area contributed by atoms with E-state index in [4.69, 9.17) is 0 Å². The summed E-state index contributed by atoms with van der Waals surface area (Å²) in [4.78, 5) is 26.6. The first kappa shape index (κ1) is 13.5. The van der Waals surface area contributed by atoms with Gasteiger partial charge in [0.05, 0.1) is 18.7 Å². The molecule has 1 unspecified atom stereocenters. The maximum absolute atomic E-state index is 12.5. The van der Waals surface area contributed by atoms with E-state index < -0.39 is 29.5 Å².